The lowest BCUT2D eigenvalue weighted by atomic mass is 10.0. The van der Waals surface area contributed by atoms with Gasteiger partial charge in [-0.1, -0.05) is 35.8 Å². The van der Waals surface area contributed by atoms with Gasteiger partial charge in [0.15, 0.2) is 0 Å². The summed E-state index contributed by atoms with van der Waals surface area (Å²) in [4.78, 5) is 4.45. The first-order valence-electron chi connectivity index (χ1n) is 6.66. The van der Waals surface area contributed by atoms with Crippen LogP contribution in [0.25, 0.3) is 0 Å². The van der Waals surface area contributed by atoms with Gasteiger partial charge in [-0.2, -0.15) is 0 Å². The first-order valence-corrected chi connectivity index (χ1v) is 7.45. The third-order valence-corrected chi connectivity index (χ3v) is 3.53. The lowest BCUT2D eigenvalue weighted by Crippen LogP contribution is -2.03. The van der Waals surface area contributed by atoms with Gasteiger partial charge in [0.05, 0.1) is 5.69 Å². The van der Waals surface area contributed by atoms with E-state index in [2.05, 4.69) is 46.1 Å². The maximum Gasteiger partial charge on any atom is 0.130 e. The minimum absolute atomic E-state index is 0.416. The molecule has 0 amide bonds. The molecule has 0 aliphatic carbocycles. The Hall–Kier alpha value is -1.55. The smallest absolute Gasteiger partial charge is 0.130 e. The first kappa shape index (κ1) is 14.9. The van der Waals surface area contributed by atoms with Crippen LogP contribution < -0.4 is 10.1 Å². The van der Waals surface area contributed by atoms with Crippen LogP contribution in [0.4, 0.5) is 5.82 Å². The molecule has 4 heteroatoms. The van der Waals surface area contributed by atoms with E-state index in [4.69, 9.17) is 4.74 Å². The van der Waals surface area contributed by atoms with Gasteiger partial charge in [0, 0.05) is 11.5 Å². The van der Waals surface area contributed by atoms with Crippen molar-refractivity contribution in [1.29, 1.82) is 0 Å². The van der Waals surface area contributed by atoms with Gasteiger partial charge in [0.2, 0.25) is 0 Å². The van der Waals surface area contributed by atoms with E-state index < -0.39 is 0 Å². The number of nitrogens with zero attached hydrogens (tertiary/aromatic N) is 1. The molecule has 1 heterocycles. The van der Waals surface area contributed by atoms with Gasteiger partial charge in [0.1, 0.15) is 18.2 Å². The fourth-order valence-electron chi connectivity index (χ4n) is 1.95. The average Bonchev–Trinajstić information content (AvgIpc) is 2.46. The summed E-state index contributed by atoms with van der Waals surface area (Å²) in [7, 11) is 1.86. The highest BCUT2D eigenvalue weighted by molar-refractivity contribution is 9.10. The van der Waals surface area contributed by atoms with Crippen molar-refractivity contribution >= 4 is 21.7 Å². The number of anilines is 1. The predicted octanol–water partition coefficient (Wildman–Crippen LogP) is 4.59. The quantitative estimate of drug-likeness (QED) is 0.868. The highest BCUT2D eigenvalue weighted by atomic mass is 79.9. The number of pyridine rings is 1. The number of ether oxygens (including phenoxy) is 1. The fraction of sp³-hybridized carbons (Fsp3) is 0.312. The average molecular weight is 335 g/mol. The van der Waals surface area contributed by atoms with E-state index in [1.54, 1.807) is 0 Å². The molecule has 0 bridgehead atoms. The molecule has 1 aromatic carbocycles. The maximum atomic E-state index is 5.93. The van der Waals surface area contributed by atoms with E-state index in [9.17, 15) is 0 Å². The van der Waals surface area contributed by atoms with Crippen LogP contribution in [0.5, 0.6) is 5.75 Å². The van der Waals surface area contributed by atoms with Crippen molar-refractivity contribution in [2.75, 3.05) is 12.4 Å². The molecule has 1 aromatic heterocycles. The molecule has 20 heavy (non-hydrogen) atoms. The van der Waals surface area contributed by atoms with Crippen LogP contribution in [0.15, 0.2) is 40.9 Å². The zero-order chi connectivity index (χ0) is 14.5. The number of hydrogen-bond acceptors (Lipinski definition) is 3. The Labute approximate surface area is 128 Å². The van der Waals surface area contributed by atoms with Crippen molar-refractivity contribution in [2.24, 2.45) is 0 Å². The van der Waals surface area contributed by atoms with Gasteiger partial charge < -0.3 is 10.1 Å². The predicted molar refractivity (Wildman–Crippen MR) is 86.3 cm³/mol. The molecular formula is C16H19BrN2O. The van der Waals surface area contributed by atoms with Gasteiger partial charge in [-0.05, 0) is 41.8 Å². The van der Waals surface area contributed by atoms with Gasteiger partial charge >= 0.3 is 0 Å². The lowest BCUT2D eigenvalue weighted by molar-refractivity contribution is 0.297. The van der Waals surface area contributed by atoms with E-state index in [0.29, 0.717) is 12.5 Å². The normalized spacial score (nSPS) is 10.7. The Morgan fingerprint density at radius 2 is 2.05 bits per heavy atom. The van der Waals surface area contributed by atoms with Crippen LogP contribution in [0, 0.1) is 0 Å². The van der Waals surface area contributed by atoms with Crippen molar-refractivity contribution in [2.45, 2.75) is 26.4 Å². The summed E-state index contributed by atoms with van der Waals surface area (Å²) in [6.07, 6.45) is 0. The summed E-state index contributed by atoms with van der Waals surface area (Å²) < 4.78 is 7.00. The molecule has 106 valence electrons. The number of benzene rings is 1. The van der Waals surface area contributed by atoms with Gasteiger partial charge in [-0.3, -0.25) is 0 Å². The summed E-state index contributed by atoms with van der Waals surface area (Å²) in [5, 5.41) is 3.03. The second-order valence-corrected chi connectivity index (χ2v) is 5.81. The molecule has 0 spiro atoms. The molecule has 1 N–H and O–H groups in total. The zero-order valence-corrected chi connectivity index (χ0v) is 13.6. The highest BCUT2D eigenvalue weighted by Gasteiger charge is 2.09. The lowest BCUT2D eigenvalue weighted by Gasteiger charge is -2.14. The van der Waals surface area contributed by atoms with Crippen LogP contribution in [-0.4, -0.2) is 12.0 Å². The van der Waals surface area contributed by atoms with Gasteiger partial charge in [-0.25, -0.2) is 4.98 Å². The molecule has 2 aromatic rings. The van der Waals surface area contributed by atoms with Crippen LogP contribution in [-0.2, 0) is 6.61 Å². The molecule has 3 nitrogen and oxygen atoms in total. The Kier molecular flexibility index (Phi) is 5.01. The molecular weight excluding hydrogens is 316 g/mol. The molecule has 0 saturated carbocycles. The fourth-order valence-corrected chi connectivity index (χ4v) is 2.33. The van der Waals surface area contributed by atoms with E-state index in [0.717, 1.165) is 21.7 Å². The van der Waals surface area contributed by atoms with E-state index >= 15 is 0 Å². The van der Waals surface area contributed by atoms with Crippen LogP contribution in [0.2, 0.25) is 0 Å². The summed E-state index contributed by atoms with van der Waals surface area (Å²) in [6.45, 7) is 4.79. The molecule has 0 radical (unpaired) electrons. The van der Waals surface area contributed by atoms with Crippen molar-refractivity contribution in [3.8, 4) is 5.75 Å². The number of hydrogen-bond donors (Lipinski definition) is 1. The molecule has 2 rings (SSSR count). The third kappa shape index (κ3) is 3.73. The van der Waals surface area contributed by atoms with Crippen molar-refractivity contribution in [3.63, 3.8) is 0 Å². The van der Waals surface area contributed by atoms with Gasteiger partial charge in [0.25, 0.3) is 0 Å². The van der Waals surface area contributed by atoms with Crippen molar-refractivity contribution in [3.05, 3.63) is 52.1 Å². The van der Waals surface area contributed by atoms with E-state index in [-0.39, 0.29) is 0 Å². The Morgan fingerprint density at radius 1 is 1.25 bits per heavy atom. The second kappa shape index (κ2) is 6.75. The molecule has 0 aliphatic heterocycles. The molecule has 0 aliphatic rings. The SMILES string of the molecule is CNc1cccc(COc2ccc(Br)cc2C(C)C)n1. The number of nitrogens with one attached hydrogen (secondary N) is 1. The Balaban J connectivity index is 2.14. The highest BCUT2D eigenvalue weighted by Crippen LogP contribution is 2.30. The first-order chi connectivity index (χ1) is 9.60. The zero-order valence-electron chi connectivity index (χ0n) is 12.0. The molecule has 0 unspecified atom stereocenters. The van der Waals surface area contributed by atoms with E-state index in [1.807, 2.05) is 37.4 Å². The standard InChI is InChI=1S/C16H19BrN2O/c1-11(2)14-9-12(17)7-8-15(14)20-10-13-5-4-6-16(18-3)19-13/h4-9,11H,10H2,1-3H3,(H,18,19). The minimum atomic E-state index is 0.416. The second-order valence-electron chi connectivity index (χ2n) is 4.89. The van der Waals surface area contributed by atoms with Crippen LogP contribution >= 0.6 is 15.9 Å². The molecule has 0 fully saturated rings. The maximum absolute atomic E-state index is 5.93. The summed E-state index contributed by atoms with van der Waals surface area (Å²) in [5.74, 6) is 2.19. The topological polar surface area (TPSA) is 34.1 Å². The Morgan fingerprint density at radius 3 is 2.75 bits per heavy atom. The molecule has 0 atom stereocenters. The summed E-state index contributed by atoms with van der Waals surface area (Å²) in [5.41, 5.74) is 2.11. The van der Waals surface area contributed by atoms with Crippen LogP contribution in [0.1, 0.15) is 31.0 Å². The Bertz CT molecular complexity index is 584. The molecule has 0 saturated heterocycles. The van der Waals surface area contributed by atoms with Crippen molar-refractivity contribution < 1.29 is 4.74 Å². The van der Waals surface area contributed by atoms with Crippen LogP contribution in [0.3, 0.4) is 0 Å². The monoisotopic (exact) mass is 334 g/mol. The summed E-state index contributed by atoms with van der Waals surface area (Å²) >= 11 is 3.50. The summed E-state index contributed by atoms with van der Waals surface area (Å²) in [6, 6.07) is 12.0. The largest absolute Gasteiger partial charge is 0.487 e. The third-order valence-electron chi connectivity index (χ3n) is 3.03. The van der Waals surface area contributed by atoms with E-state index in [1.165, 1.54) is 5.56 Å². The van der Waals surface area contributed by atoms with Crippen molar-refractivity contribution in [1.82, 2.24) is 4.98 Å². The van der Waals surface area contributed by atoms with Gasteiger partial charge in [-0.15, -0.1) is 0 Å². The number of halogens is 1. The minimum Gasteiger partial charge on any atom is -0.487 e. The number of rotatable bonds is 5. The number of aromatic nitrogens is 1.